The topological polar surface area (TPSA) is 86.8 Å². The Hall–Kier alpha value is -3.24. The second kappa shape index (κ2) is 8.86. The maximum Gasteiger partial charge on any atom is 0.232 e. The molecule has 158 valence electrons. The lowest BCUT2D eigenvalue weighted by Gasteiger charge is -2.28. The number of hydrogen-bond donors (Lipinski definition) is 0. The number of nitrogens with zero attached hydrogens (tertiary/aromatic N) is 8. The van der Waals surface area contributed by atoms with Crippen molar-refractivity contribution in [1.29, 1.82) is 0 Å². The van der Waals surface area contributed by atoms with Crippen molar-refractivity contribution in [3.63, 3.8) is 0 Å². The molecule has 10 heteroatoms. The zero-order valence-electron chi connectivity index (χ0n) is 17.1. The second-order valence-electron chi connectivity index (χ2n) is 7.19. The van der Waals surface area contributed by atoms with Crippen molar-refractivity contribution in [2.75, 3.05) is 31.2 Å². The molecule has 0 spiro atoms. The largest absolute Gasteiger partial charge is 0.378 e. The predicted octanol–water partition coefficient (Wildman–Crippen LogP) is 2.68. The first kappa shape index (κ1) is 19.7. The Morgan fingerprint density at radius 1 is 0.935 bits per heavy atom. The van der Waals surface area contributed by atoms with Gasteiger partial charge in [-0.2, -0.15) is 4.68 Å². The summed E-state index contributed by atoms with van der Waals surface area (Å²) in [6.45, 7) is 5.05. The van der Waals surface area contributed by atoms with Crippen molar-refractivity contribution >= 4 is 17.7 Å². The summed E-state index contributed by atoms with van der Waals surface area (Å²) in [5.74, 6) is 2.15. The number of rotatable bonds is 6. The fraction of sp³-hybridized carbons (Fsp3) is 0.286. The van der Waals surface area contributed by atoms with Crippen molar-refractivity contribution in [2.24, 2.45) is 0 Å². The van der Waals surface area contributed by atoms with Gasteiger partial charge < -0.3 is 9.64 Å². The number of tetrazole rings is 1. The fourth-order valence-corrected chi connectivity index (χ4v) is 4.36. The lowest BCUT2D eigenvalue weighted by Crippen LogP contribution is -2.37. The highest BCUT2D eigenvalue weighted by molar-refractivity contribution is 7.98. The molecule has 1 aliphatic heterocycles. The maximum atomic E-state index is 5.52. The average molecular weight is 435 g/mol. The van der Waals surface area contributed by atoms with Crippen LogP contribution in [0, 0.1) is 6.92 Å². The van der Waals surface area contributed by atoms with E-state index in [0.717, 1.165) is 41.4 Å². The van der Waals surface area contributed by atoms with E-state index < -0.39 is 0 Å². The summed E-state index contributed by atoms with van der Waals surface area (Å²) in [4.78, 5) is 2.22. The van der Waals surface area contributed by atoms with E-state index in [2.05, 4.69) is 66.4 Å². The maximum absolute atomic E-state index is 5.52. The molecule has 0 unspecified atom stereocenters. The van der Waals surface area contributed by atoms with Crippen molar-refractivity contribution in [2.45, 2.75) is 17.8 Å². The van der Waals surface area contributed by atoms with Gasteiger partial charge in [0.1, 0.15) is 0 Å². The van der Waals surface area contributed by atoms with Crippen LogP contribution >= 0.6 is 11.8 Å². The van der Waals surface area contributed by atoms with Crippen LogP contribution in [0.25, 0.3) is 11.4 Å². The van der Waals surface area contributed by atoms with Crippen LogP contribution in [0.2, 0.25) is 0 Å². The summed E-state index contributed by atoms with van der Waals surface area (Å²) in [7, 11) is 0. The Balaban J connectivity index is 1.46. The monoisotopic (exact) mass is 434 g/mol. The van der Waals surface area contributed by atoms with Crippen molar-refractivity contribution < 1.29 is 4.74 Å². The van der Waals surface area contributed by atoms with Gasteiger partial charge in [0.2, 0.25) is 5.95 Å². The number of hydrogen-bond acceptors (Lipinski definition) is 8. The molecule has 1 aliphatic rings. The van der Waals surface area contributed by atoms with Gasteiger partial charge in [-0.25, -0.2) is 0 Å². The second-order valence-corrected chi connectivity index (χ2v) is 8.13. The molecule has 0 aliphatic carbocycles. The quantitative estimate of drug-likeness (QED) is 0.428. The molecule has 4 aromatic rings. The molecule has 3 heterocycles. The molecule has 31 heavy (non-hydrogen) atoms. The number of benzene rings is 2. The standard InChI is InChI=1S/C21H22N8OS/c1-16-6-5-9-18(14-16)28-20(27-10-12-30-13-11-27)23-24-21(28)31-15-19-22-25-26-29(19)17-7-3-2-4-8-17/h2-9,14H,10-13,15H2,1H3. The number of aryl methyl sites for hydroxylation is 1. The lowest BCUT2D eigenvalue weighted by molar-refractivity contribution is 0.122. The molecule has 2 aromatic carbocycles. The van der Waals surface area contributed by atoms with E-state index >= 15 is 0 Å². The van der Waals surface area contributed by atoms with Gasteiger partial charge >= 0.3 is 0 Å². The zero-order chi connectivity index (χ0) is 21.0. The molecule has 2 aromatic heterocycles. The number of thioether (sulfide) groups is 1. The van der Waals surface area contributed by atoms with Gasteiger partial charge in [-0.1, -0.05) is 42.1 Å². The molecule has 0 radical (unpaired) electrons. The SMILES string of the molecule is Cc1cccc(-n2c(SCc3nnnn3-c3ccccc3)nnc2N2CCOCC2)c1. The van der Waals surface area contributed by atoms with Gasteiger partial charge in [0.15, 0.2) is 11.0 Å². The van der Waals surface area contributed by atoms with Gasteiger partial charge in [0.05, 0.1) is 30.3 Å². The van der Waals surface area contributed by atoms with Gasteiger partial charge in [0, 0.05) is 13.1 Å². The molecule has 0 amide bonds. The molecule has 1 saturated heterocycles. The Morgan fingerprint density at radius 3 is 2.55 bits per heavy atom. The third kappa shape index (κ3) is 4.17. The van der Waals surface area contributed by atoms with E-state index in [1.54, 1.807) is 16.4 Å². The average Bonchev–Trinajstić information content (AvgIpc) is 3.46. The number of morpholine rings is 1. The number of ether oxygens (including phenoxy) is 1. The van der Waals surface area contributed by atoms with Gasteiger partial charge in [-0.15, -0.1) is 15.3 Å². The number of anilines is 1. The van der Waals surface area contributed by atoms with Gasteiger partial charge in [-0.05, 0) is 47.2 Å². The molecular formula is C21H22N8OS. The van der Waals surface area contributed by atoms with E-state index in [0.29, 0.717) is 19.0 Å². The van der Waals surface area contributed by atoms with E-state index in [4.69, 9.17) is 4.74 Å². The van der Waals surface area contributed by atoms with E-state index in [1.807, 2.05) is 30.3 Å². The van der Waals surface area contributed by atoms with Crippen molar-refractivity contribution in [3.8, 4) is 11.4 Å². The summed E-state index contributed by atoms with van der Waals surface area (Å²) < 4.78 is 9.38. The van der Waals surface area contributed by atoms with Crippen LogP contribution < -0.4 is 4.90 Å². The van der Waals surface area contributed by atoms with E-state index in [9.17, 15) is 0 Å². The smallest absolute Gasteiger partial charge is 0.232 e. The van der Waals surface area contributed by atoms with Gasteiger partial charge in [-0.3, -0.25) is 4.57 Å². The minimum Gasteiger partial charge on any atom is -0.378 e. The van der Waals surface area contributed by atoms with Crippen LogP contribution in [0.4, 0.5) is 5.95 Å². The molecule has 0 atom stereocenters. The first-order chi connectivity index (χ1) is 15.3. The summed E-state index contributed by atoms with van der Waals surface area (Å²) in [6.07, 6.45) is 0. The normalized spacial score (nSPS) is 14.2. The molecule has 0 N–H and O–H groups in total. The van der Waals surface area contributed by atoms with E-state index in [-0.39, 0.29) is 0 Å². The highest BCUT2D eigenvalue weighted by Crippen LogP contribution is 2.29. The van der Waals surface area contributed by atoms with Crippen LogP contribution in [0.5, 0.6) is 0 Å². The predicted molar refractivity (Wildman–Crippen MR) is 118 cm³/mol. The molecule has 5 rings (SSSR count). The number of para-hydroxylation sites is 1. The van der Waals surface area contributed by atoms with Gasteiger partial charge in [0.25, 0.3) is 0 Å². The molecular weight excluding hydrogens is 412 g/mol. The van der Waals surface area contributed by atoms with Crippen LogP contribution in [-0.2, 0) is 10.5 Å². The summed E-state index contributed by atoms with van der Waals surface area (Å²) in [5.41, 5.74) is 3.15. The third-order valence-electron chi connectivity index (χ3n) is 5.04. The highest BCUT2D eigenvalue weighted by atomic mass is 32.2. The first-order valence-electron chi connectivity index (χ1n) is 10.1. The molecule has 9 nitrogen and oxygen atoms in total. The molecule has 0 bridgehead atoms. The summed E-state index contributed by atoms with van der Waals surface area (Å²) in [6, 6.07) is 18.2. The summed E-state index contributed by atoms with van der Waals surface area (Å²) >= 11 is 1.57. The summed E-state index contributed by atoms with van der Waals surface area (Å²) in [5, 5.41) is 22.1. The Morgan fingerprint density at radius 2 is 1.74 bits per heavy atom. The minimum absolute atomic E-state index is 0.564. The zero-order valence-corrected chi connectivity index (χ0v) is 17.9. The minimum atomic E-state index is 0.564. The van der Waals surface area contributed by atoms with Crippen molar-refractivity contribution in [1.82, 2.24) is 35.0 Å². The lowest BCUT2D eigenvalue weighted by atomic mass is 10.2. The van der Waals surface area contributed by atoms with Crippen LogP contribution in [0.15, 0.2) is 59.8 Å². The van der Waals surface area contributed by atoms with Crippen LogP contribution in [0.3, 0.4) is 0 Å². The Kier molecular flexibility index (Phi) is 5.63. The van der Waals surface area contributed by atoms with E-state index in [1.165, 1.54) is 5.56 Å². The highest BCUT2D eigenvalue weighted by Gasteiger charge is 2.22. The Labute approximate surface area is 184 Å². The molecule has 1 fully saturated rings. The van der Waals surface area contributed by atoms with Crippen molar-refractivity contribution in [3.05, 3.63) is 66.0 Å². The fourth-order valence-electron chi connectivity index (χ4n) is 3.51. The third-order valence-corrected chi connectivity index (χ3v) is 5.96. The number of aromatic nitrogens is 7. The van der Waals surface area contributed by atoms with Crippen LogP contribution in [0.1, 0.15) is 11.4 Å². The first-order valence-corrected chi connectivity index (χ1v) is 11.1. The Bertz CT molecular complexity index is 1150. The van der Waals surface area contributed by atoms with Crippen LogP contribution in [-0.4, -0.2) is 61.3 Å². The molecule has 0 saturated carbocycles.